The second kappa shape index (κ2) is 5.99. The van der Waals surface area contributed by atoms with E-state index in [1.807, 2.05) is 24.9 Å². The van der Waals surface area contributed by atoms with Gasteiger partial charge in [0, 0.05) is 25.8 Å². The van der Waals surface area contributed by atoms with Crippen molar-refractivity contribution in [3.8, 4) is 0 Å². The van der Waals surface area contributed by atoms with Crippen LogP contribution in [0.1, 0.15) is 24.0 Å². The fourth-order valence-electron chi connectivity index (χ4n) is 2.68. The Morgan fingerprint density at radius 2 is 2.00 bits per heavy atom. The maximum Gasteiger partial charge on any atom is 0.391 e. The third-order valence-electron chi connectivity index (χ3n) is 3.75. The van der Waals surface area contributed by atoms with E-state index in [-0.39, 0.29) is 12.8 Å². The van der Waals surface area contributed by atoms with Crippen molar-refractivity contribution >= 4 is 5.82 Å². The van der Waals surface area contributed by atoms with Crippen LogP contribution in [-0.4, -0.2) is 31.3 Å². The van der Waals surface area contributed by atoms with E-state index in [0.717, 1.165) is 23.5 Å². The number of hydrogen-bond donors (Lipinski definition) is 1. The SMILES string of the molecule is CNCc1cnc(N2CCC(C(F)(F)F)CC2)c(C)c1. The average Bonchev–Trinajstić information content (AvgIpc) is 2.38. The predicted octanol–water partition coefficient (Wildman–Crippen LogP) is 2.89. The van der Waals surface area contributed by atoms with Crippen molar-refractivity contribution in [3.05, 3.63) is 23.4 Å². The molecule has 0 unspecified atom stereocenters. The summed E-state index contributed by atoms with van der Waals surface area (Å²) in [4.78, 5) is 6.37. The molecule has 2 rings (SSSR count). The molecule has 1 saturated heterocycles. The molecule has 0 saturated carbocycles. The van der Waals surface area contributed by atoms with E-state index in [1.165, 1.54) is 0 Å². The molecular weight excluding hydrogens is 267 g/mol. The number of alkyl halides is 3. The molecule has 0 aromatic carbocycles. The van der Waals surface area contributed by atoms with Gasteiger partial charge in [-0.05, 0) is 44.0 Å². The molecule has 0 amide bonds. The van der Waals surface area contributed by atoms with Crippen LogP contribution in [0.3, 0.4) is 0 Å². The first-order valence-corrected chi connectivity index (χ1v) is 6.83. The van der Waals surface area contributed by atoms with E-state index in [2.05, 4.69) is 10.3 Å². The number of piperidine rings is 1. The Balaban J connectivity index is 2.03. The lowest BCUT2D eigenvalue weighted by Crippen LogP contribution is -2.39. The first-order valence-electron chi connectivity index (χ1n) is 6.83. The van der Waals surface area contributed by atoms with Crippen LogP contribution in [0.2, 0.25) is 0 Å². The molecule has 0 spiro atoms. The Bertz CT molecular complexity index is 451. The fraction of sp³-hybridized carbons (Fsp3) is 0.643. The van der Waals surface area contributed by atoms with Gasteiger partial charge in [0.2, 0.25) is 0 Å². The minimum absolute atomic E-state index is 0.156. The molecule has 1 aromatic heterocycles. The molecule has 0 atom stereocenters. The number of rotatable bonds is 3. The lowest BCUT2D eigenvalue weighted by Gasteiger charge is -2.34. The topological polar surface area (TPSA) is 28.2 Å². The highest BCUT2D eigenvalue weighted by Gasteiger charge is 2.41. The van der Waals surface area contributed by atoms with Crippen molar-refractivity contribution in [1.29, 1.82) is 0 Å². The van der Waals surface area contributed by atoms with Gasteiger partial charge in [0.25, 0.3) is 0 Å². The predicted molar refractivity (Wildman–Crippen MR) is 72.7 cm³/mol. The summed E-state index contributed by atoms with van der Waals surface area (Å²) in [6, 6.07) is 2.04. The summed E-state index contributed by atoms with van der Waals surface area (Å²) < 4.78 is 37.9. The molecular formula is C14H20F3N3. The van der Waals surface area contributed by atoms with Gasteiger partial charge in [0.05, 0.1) is 5.92 Å². The van der Waals surface area contributed by atoms with E-state index in [0.29, 0.717) is 13.1 Å². The Labute approximate surface area is 117 Å². The number of anilines is 1. The van der Waals surface area contributed by atoms with Crippen LogP contribution in [0, 0.1) is 12.8 Å². The van der Waals surface area contributed by atoms with Gasteiger partial charge < -0.3 is 10.2 Å². The lowest BCUT2D eigenvalue weighted by atomic mass is 9.96. The Kier molecular flexibility index (Phi) is 4.52. The number of nitrogens with zero attached hydrogens (tertiary/aromatic N) is 2. The van der Waals surface area contributed by atoms with E-state index < -0.39 is 12.1 Å². The highest BCUT2D eigenvalue weighted by molar-refractivity contribution is 5.47. The molecule has 0 radical (unpaired) electrons. The molecule has 112 valence electrons. The second-order valence-electron chi connectivity index (χ2n) is 5.32. The van der Waals surface area contributed by atoms with Crippen LogP contribution in [0.5, 0.6) is 0 Å². The molecule has 0 bridgehead atoms. The third kappa shape index (κ3) is 3.42. The molecule has 3 nitrogen and oxygen atoms in total. The molecule has 2 heterocycles. The summed E-state index contributed by atoms with van der Waals surface area (Å²) >= 11 is 0. The summed E-state index contributed by atoms with van der Waals surface area (Å²) in [5.74, 6) is -0.354. The minimum Gasteiger partial charge on any atom is -0.356 e. The molecule has 6 heteroatoms. The standard InChI is InChI=1S/C14H20F3N3/c1-10-7-11(8-18-2)9-19-13(10)20-5-3-12(4-6-20)14(15,16)17/h7,9,12,18H,3-6,8H2,1-2H3. The quantitative estimate of drug-likeness (QED) is 0.926. The van der Waals surface area contributed by atoms with Gasteiger partial charge >= 0.3 is 6.18 Å². The molecule has 1 fully saturated rings. The minimum atomic E-state index is -4.06. The van der Waals surface area contributed by atoms with Gasteiger partial charge in [-0.2, -0.15) is 13.2 Å². The number of aryl methyl sites for hydroxylation is 1. The first kappa shape index (κ1) is 15.1. The highest BCUT2D eigenvalue weighted by Crippen LogP contribution is 2.35. The number of halogens is 3. The van der Waals surface area contributed by atoms with E-state index >= 15 is 0 Å². The zero-order valence-corrected chi connectivity index (χ0v) is 11.8. The van der Waals surface area contributed by atoms with Crippen LogP contribution in [-0.2, 0) is 6.54 Å². The highest BCUT2D eigenvalue weighted by atomic mass is 19.4. The summed E-state index contributed by atoms with van der Waals surface area (Å²) in [6.07, 6.45) is -1.97. The Hall–Kier alpha value is -1.30. The molecule has 20 heavy (non-hydrogen) atoms. The summed E-state index contributed by atoms with van der Waals surface area (Å²) in [5.41, 5.74) is 2.10. The largest absolute Gasteiger partial charge is 0.391 e. The number of aromatic nitrogens is 1. The fourth-order valence-corrected chi connectivity index (χ4v) is 2.68. The van der Waals surface area contributed by atoms with Gasteiger partial charge in [0.15, 0.2) is 0 Å². The molecule has 1 aliphatic rings. The van der Waals surface area contributed by atoms with Crippen LogP contribution < -0.4 is 10.2 Å². The lowest BCUT2D eigenvalue weighted by molar-refractivity contribution is -0.179. The number of pyridine rings is 1. The second-order valence-corrected chi connectivity index (χ2v) is 5.32. The average molecular weight is 287 g/mol. The van der Waals surface area contributed by atoms with Crippen molar-refractivity contribution < 1.29 is 13.2 Å². The maximum absolute atomic E-state index is 12.6. The molecule has 1 aromatic rings. The molecule has 0 aliphatic carbocycles. The van der Waals surface area contributed by atoms with Crippen molar-refractivity contribution in [3.63, 3.8) is 0 Å². The summed E-state index contributed by atoms with van der Waals surface area (Å²) in [5, 5.41) is 3.05. The third-order valence-corrected chi connectivity index (χ3v) is 3.75. The van der Waals surface area contributed by atoms with E-state index in [1.54, 1.807) is 6.20 Å². The van der Waals surface area contributed by atoms with Crippen molar-refractivity contribution in [2.45, 2.75) is 32.5 Å². The van der Waals surface area contributed by atoms with Gasteiger partial charge in [-0.3, -0.25) is 0 Å². The number of hydrogen-bond acceptors (Lipinski definition) is 3. The van der Waals surface area contributed by atoms with E-state index in [9.17, 15) is 13.2 Å². The Morgan fingerprint density at radius 1 is 1.35 bits per heavy atom. The van der Waals surface area contributed by atoms with Crippen molar-refractivity contribution in [2.24, 2.45) is 5.92 Å². The van der Waals surface area contributed by atoms with Gasteiger partial charge in [0.1, 0.15) is 5.82 Å². The van der Waals surface area contributed by atoms with Crippen LogP contribution in [0.25, 0.3) is 0 Å². The van der Waals surface area contributed by atoms with Crippen LogP contribution in [0.4, 0.5) is 19.0 Å². The Morgan fingerprint density at radius 3 is 2.50 bits per heavy atom. The van der Waals surface area contributed by atoms with Crippen molar-refractivity contribution in [1.82, 2.24) is 10.3 Å². The van der Waals surface area contributed by atoms with E-state index in [4.69, 9.17) is 0 Å². The zero-order valence-electron chi connectivity index (χ0n) is 11.8. The van der Waals surface area contributed by atoms with Gasteiger partial charge in [-0.15, -0.1) is 0 Å². The smallest absolute Gasteiger partial charge is 0.356 e. The molecule has 1 N–H and O–H groups in total. The normalized spacial score (nSPS) is 17.6. The van der Waals surface area contributed by atoms with Crippen LogP contribution >= 0.6 is 0 Å². The summed E-state index contributed by atoms with van der Waals surface area (Å²) in [6.45, 7) is 3.54. The summed E-state index contributed by atoms with van der Waals surface area (Å²) in [7, 11) is 1.87. The first-order chi connectivity index (χ1) is 9.41. The maximum atomic E-state index is 12.6. The number of nitrogens with one attached hydrogen (secondary N) is 1. The molecule has 1 aliphatic heterocycles. The monoisotopic (exact) mass is 287 g/mol. The van der Waals surface area contributed by atoms with Crippen LogP contribution in [0.15, 0.2) is 12.3 Å². The van der Waals surface area contributed by atoms with Gasteiger partial charge in [-0.1, -0.05) is 0 Å². The van der Waals surface area contributed by atoms with Gasteiger partial charge in [-0.25, -0.2) is 4.98 Å². The van der Waals surface area contributed by atoms with Crippen molar-refractivity contribution in [2.75, 3.05) is 25.0 Å². The zero-order chi connectivity index (χ0) is 14.8.